The van der Waals surface area contributed by atoms with Crippen LogP contribution in [-0.4, -0.2) is 108 Å². The van der Waals surface area contributed by atoms with Gasteiger partial charge in [-0.2, -0.15) is 0 Å². The van der Waals surface area contributed by atoms with Crippen molar-refractivity contribution in [3.8, 4) is 0 Å². The average Bonchev–Trinajstić information content (AvgIpc) is 3.94. The molecule has 3 aromatic rings. The molecule has 0 radical (unpaired) electrons. The van der Waals surface area contributed by atoms with Gasteiger partial charge < -0.3 is 43.7 Å². The number of aliphatic hydroxyl groups is 3. The molecule has 66 heavy (non-hydrogen) atoms. The van der Waals surface area contributed by atoms with E-state index in [1.54, 1.807) is 0 Å². The van der Waals surface area contributed by atoms with E-state index in [1.165, 1.54) is 38.0 Å². The Labute approximate surface area is 390 Å². The fraction of sp³-hybridized carbons (Fsp3) is 0.611. The van der Waals surface area contributed by atoms with Crippen LogP contribution >= 0.6 is 0 Å². The predicted molar refractivity (Wildman–Crippen MR) is 247 cm³/mol. The van der Waals surface area contributed by atoms with Gasteiger partial charge in [0.2, 0.25) is 0 Å². The highest BCUT2D eigenvalue weighted by molar-refractivity contribution is 5.82. The van der Waals surface area contributed by atoms with Crippen molar-refractivity contribution >= 4 is 17.9 Å². The minimum absolute atomic E-state index is 0.151. The van der Waals surface area contributed by atoms with Gasteiger partial charge in [-0.25, -0.2) is 14.4 Å². The zero-order chi connectivity index (χ0) is 47.9. The summed E-state index contributed by atoms with van der Waals surface area (Å²) in [6.07, 6.45) is 3.75. The standard InChI is InChI=1S/3C18H24O4/c3*1-17(2)15-13(9-10-22-17)14(12-7-5-4-6-8-12)11-18(15,20)16(19)21-3/h3*4-8,13-15,20H,9-11H2,1-3H3/t3*13-,14-,15-,18-/m110/s1. The second-order valence-electron chi connectivity index (χ2n) is 21.1. The Morgan fingerprint density at radius 2 is 0.667 bits per heavy atom. The van der Waals surface area contributed by atoms with E-state index in [0.717, 1.165) is 19.3 Å². The number of carbonyl (C=O) groups is 3. The van der Waals surface area contributed by atoms with Crippen LogP contribution < -0.4 is 0 Å². The normalized spacial score (nSPS) is 36.6. The summed E-state index contributed by atoms with van der Waals surface area (Å²) in [6, 6.07) is 30.4. The van der Waals surface area contributed by atoms with Crippen LogP contribution in [0.5, 0.6) is 0 Å². The van der Waals surface area contributed by atoms with E-state index >= 15 is 0 Å². The molecule has 12 atom stereocenters. The van der Waals surface area contributed by atoms with Crippen LogP contribution in [0, 0.1) is 35.5 Å². The average molecular weight is 913 g/mol. The summed E-state index contributed by atoms with van der Waals surface area (Å²) < 4.78 is 32.4. The summed E-state index contributed by atoms with van der Waals surface area (Å²) in [5, 5.41) is 33.5. The molecule has 360 valence electrons. The molecule has 0 aromatic heterocycles. The quantitative estimate of drug-likeness (QED) is 0.165. The van der Waals surface area contributed by atoms with Crippen molar-refractivity contribution in [1.82, 2.24) is 0 Å². The zero-order valence-corrected chi connectivity index (χ0v) is 40.2. The summed E-state index contributed by atoms with van der Waals surface area (Å²) in [5.41, 5.74) is -2.56. The van der Waals surface area contributed by atoms with Crippen LogP contribution in [-0.2, 0) is 42.8 Å². The first kappa shape index (κ1) is 49.7. The van der Waals surface area contributed by atoms with Crippen LogP contribution in [0.2, 0.25) is 0 Å². The Balaban J connectivity index is 0.000000147. The highest BCUT2D eigenvalue weighted by Crippen LogP contribution is 2.60. The van der Waals surface area contributed by atoms with E-state index in [1.807, 2.05) is 96.1 Å². The largest absolute Gasteiger partial charge is 0.467 e. The van der Waals surface area contributed by atoms with Gasteiger partial charge in [0.15, 0.2) is 16.8 Å². The number of carbonyl (C=O) groups excluding carboxylic acids is 3. The Morgan fingerprint density at radius 3 is 0.879 bits per heavy atom. The summed E-state index contributed by atoms with van der Waals surface area (Å²) >= 11 is 0. The lowest BCUT2D eigenvalue weighted by Crippen LogP contribution is -2.56. The van der Waals surface area contributed by atoms with E-state index in [2.05, 4.69) is 36.4 Å². The molecule has 0 amide bonds. The molecule has 6 fully saturated rings. The maximum Gasteiger partial charge on any atom is 0.338 e. The van der Waals surface area contributed by atoms with Gasteiger partial charge >= 0.3 is 17.9 Å². The molecule has 3 aromatic carbocycles. The Hall–Kier alpha value is -4.17. The molecule has 3 saturated carbocycles. The third-order valence-electron chi connectivity index (χ3n) is 16.3. The Morgan fingerprint density at radius 1 is 0.439 bits per heavy atom. The number of ether oxygens (including phenoxy) is 6. The minimum Gasteiger partial charge on any atom is -0.467 e. The van der Waals surface area contributed by atoms with Crippen molar-refractivity contribution in [2.24, 2.45) is 35.5 Å². The molecular weight excluding hydrogens is 841 g/mol. The van der Waals surface area contributed by atoms with Gasteiger partial charge in [0.1, 0.15) is 0 Å². The van der Waals surface area contributed by atoms with Gasteiger partial charge in [-0.05, 0) is 132 Å². The predicted octanol–water partition coefficient (Wildman–Crippen LogP) is 7.53. The lowest BCUT2D eigenvalue weighted by atomic mass is 9.70. The van der Waals surface area contributed by atoms with E-state index in [-0.39, 0.29) is 53.3 Å². The highest BCUT2D eigenvalue weighted by Gasteiger charge is 2.66. The van der Waals surface area contributed by atoms with Gasteiger partial charge in [0, 0.05) is 37.6 Å². The molecule has 0 spiro atoms. The van der Waals surface area contributed by atoms with E-state index in [0.29, 0.717) is 39.1 Å². The molecule has 6 aliphatic rings. The fourth-order valence-electron chi connectivity index (χ4n) is 14.0. The third-order valence-corrected chi connectivity index (χ3v) is 16.3. The molecule has 0 bridgehead atoms. The molecule has 9 rings (SSSR count). The summed E-state index contributed by atoms with van der Waals surface area (Å²) in [7, 11) is 4.01. The molecule has 12 nitrogen and oxygen atoms in total. The van der Waals surface area contributed by atoms with Crippen molar-refractivity contribution in [2.45, 2.75) is 131 Å². The van der Waals surface area contributed by atoms with Crippen LogP contribution in [0.3, 0.4) is 0 Å². The molecule has 3 aliphatic carbocycles. The minimum atomic E-state index is -1.48. The summed E-state index contributed by atoms with van der Waals surface area (Å²) in [6.45, 7) is 13.8. The van der Waals surface area contributed by atoms with Gasteiger partial charge in [-0.15, -0.1) is 0 Å². The number of rotatable bonds is 6. The van der Waals surface area contributed by atoms with Gasteiger partial charge in [-0.3, -0.25) is 0 Å². The first-order valence-corrected chi connectivity index (χ1v) is 23.7. The van der Waals surface area contributed by atoms with Crippen molar-refractivity contribution in [3.63, 3.8) is 0 Å². The first-order chi connectivity index (χ1) is 31.2. The van der Waals surface area contributed by atoms with Crippen LogP contribution in [0.25, 0.3) is 0 Å². The maximum atomic E-state index is 12.3. The van der Waals surface area contributed by atoms with Gasteiger partial charge in [0.05, 0.1) is 38.1 Å². The van der Waals surface area contributed by atoms with E-state index < -0.39 is 51.5 Å². The van der Waals surface area contributed by atoms with Crippen LogP contribution in [0.1, 0.15) is 115 Å². The topological polar surface area (TPSA) is 167 Å². The Kier molecular flexibility index (Phi) is 14.4. The monoisotopic (exact) mass is 913 g/mol. The lowest BCUT2D eigenvalue weighted by molar-refractivity contribution is -0.195. The molecule has 0 unspecified atom stereocenters. The first-order valence-electron chi connectivity index (χ1n) is 23.7. The van der Waals surface area contributed by atoms with Crippen molar-refractivity contribution < 1.29 is 58.1 Å². The molecule has 3 aliphatic heterocycles. The number of methoxy groups -OCH3 is 3. The fourth-order valence-corrected chi connectivity index (χ4v) is 14.0. The number of esters is 3. The number of benzene rings is 3. The summed E-state index contributed by atoms with van der Waals surface area (Å²) in [5.74, 6) is -1.29. The molecule has 3 saturated heterocycles. The lowest BCUT2D eigenvalue weighted by Gasteiger charge is -2.45. The van der Waals surface area contributed by atoms with Crippen LogP contribution in [0.4, 0.5) is 0 Å². The number of hydrogen-bond acceptors (Lipinski definition) is 12. The van der Waals surface area contributed by atoms with Crippen molar-refractivity contribution in [3.05, 3.63) is 108 Å². The maximum absolute atomic E-state index is 12.3. The molecular formula is C54H72O12. The Bertz CT molecular complexity index is 1900. The third kappa shape index (κ3) is 8.98. The van der Waals surface area contributed by atoms with Gasteiger partial charge in [0.25, 0.3) is 0 Å². The van der Waals surface area contributed by atoms with Crippen molar-refractivity contribution in [2.75, 3.05) is 41.2 Å². The van der Waals surface area contributed by atoms with E-state index in [9.17, 15) is 29.7 Å². The zero-order valence-electron chi connectivity index (χ0n) is 40.2. The smallest absolute Gasteiger partial charge is 0.338 e. The number of fused-ring (bicyclic) bond motifs is 3. The molecule has 12 heteroatoms. The molecule has 3 N–H and O–H groups in total. The van der Waals surface area contributed by atoms with Crippen molar-refractivity contribution in [1.29, 1.82) is 0 Å². The second-order valence-corrected chi connectivity index (χ2v) is 21.1. The van der Waals surface area contributed by atoms with E-state index in [4.69, 9.17) is 28.4 Å². The van der Waals surface area contributed by atoms with Gasteiger partial charge in [-0.1, -0.05) is 91.0 Å². The highest BCUT2D eigenvalue weighted by atomic mass is 16.6. The second kappa shape index (κ2) is 19.1. The molecule has 3 heterocycles. The number of hydrogen-bond donors (Lipinski definition) is 3. The summed E-state index contributed by atoms with van der Waals surface area (Å²) in [4.78, 5) is 37.0. The van der Waals surface area contributed by atoms with Crippen LogP contribution in [0.15, 0.2) is 91.0 Å². The SMILES string of the molecule is COC(=O)[C@@]1(O)C[C@H](c2ccccc2)[C@H]2CCOC(C)(C)[C@@H]21.COC(=O)[C@@]1(O)C[C@H](c2ccccc2)[C@H]2CCOC(C)(C)[C@@H]21.COC(=O)[C@]1(O)C[C@@H](c2ccccc2)[C@@H]2CCOC(C)(C)[C@H]21.